The third-order valence-corrected chi connectivity index (χ3v) is 6.36. The SMILES string of the molecule is N[C@H](CCc1ccccc1)C(=O)N1CCC1C(=O)CCc1cnc2c(c1)C(Cl)=CC2. The van der Waals surface area contributed by atoms with E-state index in [2.05, 4.69) is 4.98 Å². The van der Waals surface area contributed by atoms with Gasteiger partial charge in [-0.25, -0.2) is 0 Å². The Hall–Kier alpha value is -2.50. The quantitative estimate of drug-likeness (QED) is 0.706. The summed E-state index contributed by atoms with van der Waals surface area (Å²) in [5, 5.41) is 0.728. The molecule has 2 atom stereocenters. The number of halogens is 1. The maximum atomic E-state index is 12.7. The highest BCUT2D eigenvalue weighted by Gasteiger charge is 2.38. The zero-order valence-corrected chi connectivity index (χ0v) is 17.6. The molecule has 1 aliphatic carbocycles. The molecule has 156 valence electrons. The minimum atomic E-state index is -0.573. The van der Waals surface area contributed by atoms with E-state index in [9.17, 15) is 9.59 Å². The van der Waals surface area contributed by atoms with Gasteiger partial charge in [0.05, 0.1) is 17.8 Å². The van der Waals surface area contributed by atoms with Crippen molar-refractivity contribution in [2.75, 3.05) is 6.54 Å². The molecule has 30 heavy (non-hydrogen) atoms. The number of hydrogen-bond acceptors (Lipinski definition) is 4. The van der Waals surface area contributed by atoms with Crippen LogP contribution >= 0.6 is 11.6 Å². The van der Waals surface area contributed by atoms with Crippen molar-refractivity contribution in [2.45, 2.75) is 50.6 Å². The molecule has 2 aliphatic rings. The van der Waals surface area contributed by atoms with Gasteiger partial charge in [0.1, 0.15) is 0 Å². The van der Waals surface area contributed by atoms with Gasteiger partial charge in [-0.2, -0.15) is 0 Å². The van der Waals surface area contributed by atoms with Gasteiger partial charge in [-0.15, -0.1) is 0 Å². The van der Waals surface area contributed by atoms with E-state index in [4.69, 9.17) is 17.3 Å². The summed E-state index contributed by atoms with van der Waals surface area (Å²) >= 11 is 6.21. The fourth-order valence-corrected chi connectivity index (χ4v) is 4.30. The monoisotopic (exact) mass is 423 g/mol. The van der Waals surface area contributed by atoms with Crippen molar-refractivity contribution in [1.82, 2.24) is 9.88 Å². The molecule has 2 heterocycles. The minimum absolute atomic E-state index is 0.0898. The second-order valence-electron chi connectivity index (χ2n) is 8.03. The molecule has 1 amide bonds. The van der Waals surface area contributed by atoms with Crippen molar-refractivity contribution in [3.05, 3.63) is 71.1 Å². The van der Waals surface area contributed by atoms with Gasteiger partial charge in [-0.05, 0) is 42.9 Å². The Morgan fingerprint density at radius 3 is 2.73 bits per heavy atom. The lowest BCUT2D eigenvalue weighted by atomic mass is 9.92. The summed E-state index contributed by atoms with van der Waals surface area (Å²) in [5.74, 6) is -0.0290. The Balaban J connectivity index is 1.28. The van der Waals surface area contributed by atoms with Gasteiger partial charge in [0.25, 0.3) is 0 Å². The van der Waals surface area contributed by atoms with E-state index in [0.29, 0.717) is 32.2 Å². The number of amides is 1. The van der Waals surface area contributed by atoms with Gasteiger partial charge in [-0.3, -0.25) is 14.6 Å². The van der Waals surface area contributed by atoms with Crippen LogP contribution in [0.2, 0.25) is 0 Å². The number of fused-ring (bicyclic) bond motifs is 1. The molecular formula is C24H26ClN3O2. The van der Waals surface area contributed by atoms with Crippen LogP contribution in [0.5, 0.6) is 0 Å². The summed E-state index contributed by atoms with van der Waals surface area (Å²) in [5.41, 5.74) is 10.2. The molecule has 4 rings (SSSR count). The number of ketones is 1. The summed E-state index contributed by atoms with van der Waals surface area (Å²) in [7, 11) is 0. The summed E-state index contributed by atoms with van der Waals surface area (Å²) < 4.78 is 0. The Bertz CT molecular complexity index is 974. The Kier molecular flexibility index (Phi) is 6.30. The number of hydrogen-bond donors (Lipinski definition) is 1. The number of nitrogens with two attached hydrogens (primary N) is 1. The van der Waals surface area contributed by atoms with Gasteiger partial charge < -0.3 is 10.6 Å². The molecule has 1 fully saturated rings. The molecule has 0 saturated carbocycles. The molecule has 0 spiro atoms. The standard InChI is InChI=1S/C24H26ClN3O2/c25-19-8-10-21-18(19)14-17(15-27-21)7-11-23(29)22-12-13-28(22)24(30)20(26)9-6-16-4-2-1-3-5-16/h1-5,8,14-15,20,22H,6-7,9-13,26H2/t20-,22?/m1/s1. The van der Waals surface area contributed by atoms with Gasteiger partial charge in [0, 0.05) is 36.2 Å². The number of allylic oxidation sites excluding steroid dienone is 1. The highest BCUT2D eigenvalue weighted by atomic mass is 35.5. The molecule has 1 aliphatic heterocycles. The predicted octanol–water partition coefficient (Wildman–Crippen LogP) is 3.28. The molecule has 1 unspecified atom stereocenters. The molecule has 6 heteroatoms. The van der Waals surface area contributed by atoms with Crippen molar-refractivity contribution < 1.29 is 9.59 Å². The van der Waals surface area contributed by atoms with E-state index < -0.39 is 6.04 Å². The molecular weight excluding hydrogens is 398 g/mol. The fourth-order valence-electron chi connectivity index (χ4n) is 4.06. The number of rotatable bonds is 8. The number of benzene rings is 1. The molecule has 2 N–H and O–H groups in total. The lowest BCUT2D eigenvalue weighted by Gasteiger charge is -2.41. The van der Waals surface area contributed by atoms with Crippen molar-refractivity contribution in [2.24, 2.45) is 5.73 Å². The minimum Gasteiger partial charge on any atom is -0.331 e. The second-order valence-corrected chi connectivity index (χ2v) is 8.43. The molecule has 0 radical (unpaired) electrons. The van der Waals surface area contributed by atoms with Crippen molar-refractivity contribution >= 4 is 28.3 Å². The van der Waals surface area contributed by atoms with Crippen LogP contribution in [0, 0.1) is 0 Å². The van der Waals surface area contributed by atoms with Crippen molar-refractivity contribution in [3.8, 4) is 0 Å². The Morgan fingerprint density at radius 1 is 1.20 bits per heavy atom. The first-order valence-electron chi connectivity index (χ1n) is 10.5. The number of aromatic nitrogens is 1. The molecule has 1 aromatic heterocycles. The molecule has 1 aromatic carbocycles. The van der Waals surface area contributed by atoms with E-state index >= 15 is 0 Å². The highest BCUT2D eigenvalue weighted by Crippen LogP contribution is 2.30. The van der Waals surface area contributed by atoms with E-state index in [1.807, 2.05) is 48.7 Å². The summed E-state index contributed by atoms with van der Waals surface area (Å²) in [6.07, 6.45) is 7.56. The average Bonchev–Trinajstić information content (AvgIpc) is 3.10. The van der Waals surface area contributed by atoms with Crippen LogP contribution in [-0.2, 0) is 28.9 Å². The second kappa shape index (κ2) is 9.11. The van der Waals surface area contributed by atoms with Crippen molar-refractivity contribution in [1.29, 1.82) is 0 Å². The molecule has 1 saturated heterocycles. The van der Waals surface area contributed by atoms with E-state index in [1.165, 1.54) is 0 Å². The topological polar surface area (TPSA) is 76.3 Å². The van der Waals surface area contributed by atoms with E-state index in [1.54, 1.807) is 4.90 Å². The smallest absolute Gasteiger partial charge is 0.240 e. The van der Waals surface area contributed by atoms with Crippen LogP contribution in [-0.4, -0.2) is 40.2 Å². The maximum Gasteiger partial charge on any atom is 0.240 e. The first kappa shape index (κ1) is 20.8. The summed E-state index contributed by atoms with van der Waals surface area (Å²) in [4.78, 5) is 31.5. The Labute approximate surface area is 181 Å². The van der Waals surface area contributed by atoms with Crippen LogP contribution in [0.1, 0.15) is 41.6 Å². The molecule has 2 aromatic rings. The highest BCUT2D eigenvalue weighted by molar-refractivity contribution is 6.49. The lowest BCUT2D eigenvalue weighted by Crippen LogP contribution is -2.59. The predicted molar refractivity (Wildman–Crippen MR) is 118 cm³/mol. The number of pyridine rings is 1. The van der Waals surface area contributed by atoms with Gasteiger partial charge in [0.2, 0.25) is 5.91 Å². The molecule has 5 nitrogen and oxygen atoms in total. The molecule has 0 bridgehead atoms. The van der Waals surface area contributed by atoms with Crippen LogP contribution in [0.3, 0.4) is 0 Å². The lowest BCUT2D eigenvalue weighted by molar-refractivity contribution is -0.147. The number of likely N-dealkylation sites (tertiary alicyclic amines) is 1. The van der Waals surface area contributed by atoms with Gasteiger partial charge in [-0.1, -0.05) is 48.0 Å². The van der Waals surface area contributed by atoms with Gasteiger partial charge in [0.15, 0.2) is 5.78 Å². The fraction of sp³-hybridized carbons (Fsp3) is 0.375. The zero-order valence-electron chi connectivity index (χ0n) is 16.9. The van der Waals surface area contributed by atoms with Crippen LogP contribution in [0.4, 0.5) is 0 Å². The van der Waals surface area contributed by atoms with Crippen molar-refractivity contribution in [3.63, 3.8) is 0 Å². The number of nitrogens with zero attached hydrogens (tertiary/aromatic N) is 2. The summed E-state index contributed by atoms with van der Waals surface area (Å²) in [6.45, 7) is 0.606. The average molecular weight is 424 g/mol. The van der Waals surface area contributed by atoms with Gasteiger partial charge >= 0.3 is 0 Å². The number of Topliss-reactive ketones (excluding diaryl/α,β-unsaturated/α-hetero) is 1. The largest absolute Gasteiger partial charge is 0.331 e. The first-order chi connectivity index (χ1) is 14.5. The zero-order chi connectivity index (χ0) is 21.1. The third-order valence-electron chi connectivity index (χ3n) is 6.00. The first-order valence-corrected chi connectivity index (χ1v) is 10.9. The number of carbonyl (C=O) groups is 2. The Morgan fingerprint density at radius 2 is 2.00 bits per heavy atom. The van der Waals surface area contributed by atoms with Crippen LogP contribution < -0.4 is 5.73 Å². The normalized spacial score (nSPS) is 18.4. The summed E-state index contributed by atoms with van der Waals surface area (Å²) in [6, 6.07) is 11.1. The maximum absolute atomic E-state index is 12.7. The van der Waals surface area contributed by atoms with Crippen LogP contribution in [0.25, 0.3) is 5.03 Å². The van der Waals surface area contributed by atoms with E-state index in [0.717, 1.165) is 40.3 Å². The van der Waals surface area contributed by atoms with E-state index in [-0.39, 0.29) is 17.7 Å². The number of aryl methyl sites for hydroxylation is 2. The number of carbonyl (C=O) groups excluding carboxylic acids is 2. The third kappa shape index (κ3) is 4.47. The van der Waals surface area contributed by atoms with Crippen LogP contribution in [0.15, 0.2) is 48.7 Å².